The van der Waals surface area contributed by atoms with Gasteiger partial charge in [-0.2, -0.15) is 4.37 Å². The number of Topliss-reactive ketones (excluding diaryl/α,β-unsaturated/α-hetero) is 1. The van der Waals surface area contributed by atoms with Crippen LogP contribution in [0.2, 0.25) is 0 Å². The van der Waals surface area contributed by atoms with Crippen LogP contribution in [0.25, 0.3) is 0 Å². The molecule has 6 nitrogen and oxygen atoms in total. The minimum Gasteiger partial charge on any atom is -0.784 e. The van der Waals surface area contributed by atoms with Gasteiger partial charge in [-0.3, -0.25) is 4.79 Å². The van der Waals surface area contributed by atoms with Gasteiger partial charge in [0.05, 0.1) is 17.3 Å². The summed E-state index contributed by atoms with van der Waals surface area (Å²) < 4.78 is 27.0. The molecule has 1 aliphatic rings. The molecule has 0 N–H and O–H groups in total. The fourth-order valence-corrected chi connectivity index (χ4v) is 3.78. The van der Waals surface area contributed by atoms with E-state index in [4.69, 9.17) is 0 Å². The van der Waals surface area contributed by atoms with E-state index < -0.39 is 27.7 Å². The molecule has 2 unspecified atom stereocenters. The number of carbonyl (C=O) groups excluding carboxylic acids is 1. The molecular weight excluding hydrogens is 264 g/mol. The van der Waals surface area contributed by atoms with E-state index in [1.165, 1.54) is 6.92 Å². The van der Waals surface area contributed by atoms with Gasteiger partial charge < -0.3 is 10.3 Å². The highest BCUT2D eigenvalue weighted by atomic mass is 32.2. The molecule has 0 aromatic carbocycles. The number of carbonyl (C=O) groups is 1. The van der Waals surface area contributed by atoms with E-state index in [9.17, 15) is 18.4 Å². The average molecular weight is 275 g/mol. The third kappa shape index (κ3) is 1.81. The molecule has 0 radical (unpaired) electrons. The summed E-state index contributed by atoms with van der Waals surface area (Å²) in [4.78, 5) is 12.0. The van der Waals surface area contributed by atoms with Crippen molar-refractivity contribution in [2.75, 3.05) is 6.26 Å². The number of nitrogens with zero attached hydrogens (tertiary/aromatic N) is 2. The predicted octanol–water partition coefficient (Wildman–Crippen LogP) is 0.992. The Morgan fingerprint density at radius 2 is 1.94 bits per heavy atom. The second kappa shape index (κ2) is 3.84. The molecule has 1 aromatic heterocycles. The zero-order valence-corrected chi connectivity index (χ0v) is 11.1. The first-order chi connectivity index (χ1) is 7.75. The number of sulfone groups is 1. The first-order valence-corrected chi connectivity index (χ1v) is 7.61. The molecule has 1 aromatic rings. The lowest BCUT2D eigenvalue weighted by Gasteiger charge is -2.42. The summed E-state index contributed by atoms with van der Waals surface area (Å²) in [5, 5.41) is 12.3. The van der Waals surface area contributed by atoms with E-state index in [0.29, 0.717) is 5.06 Å². The molecule has 0 spiro atoms. The highest BCUT2D eigenvalue weighted by molar-refractivity contribution is 7.92. The van der Waals surface area contributed by atoms with Gasteiger partial charge in [-0.15, -0.1) is 0 Å². The number of fused-ring (bicyclic) bond motifs is 1. The Labute approximate surface area is 103 Å². The maximum Gasteiger partial charge on any atom is 0.187 e. The van der Waals surface area contributed by atoms with E-state index >= 15 is 0 Å². The molecule has 2 atom stereocenters. The molecule has 8 heteroatoms. The van der Waals surface area contributed by atoms with Crippen molar-refractivity contribution in [2.45, 2.75) is 30.1 Å². The van der Waals surface area contributed by atoms with Gasteiger partial charge in [-0.05, 0) is 25.4 Å². The Kier molecular flexibility index (Phi) is 2.85. The molecule has 0 bridgehead atoms. The quantitative estimate of drug-likeness (QED) is 0.759. The van der Waals surface area contributed by atoms with Gasteiger partial charge in [-0.25, -0.2) is 8.42 Å². The van der Waals surface area contributed by atoms with Gasteiger partial charge in [-0.1, -0.05) is 0 Å². The van der Waals surface area contributed by atoms with Crippen molar-refractivity contribution in [1.29, 1.82) is 0 Å². The van der Waals surface area contributed by atoms with Crippen LogP contribution < -0.4 is 0 Å². The summed E-state index contributed by atoms with van der Waals surface area (Å²) in [5.41, 5.74) is 0.373. The summed E-state index contributed by atoms with van der Waals surface area (Å²) in [5.74, 6) is -0.470. The molecule has 17 heavy (non-hydrogen) atoms. The SMILES string of the molecule is CC1C(=O)c2c(nsc2S(C)(=O)=O)C(C)N1[O-]. The molecule has 0 fully saturated rings. The molecule has 94 valence electrons. The largest absolute Gasteiger partial charge is 0.784 e. The Hall–Kier alpha value is -0.830. The van der Waals surface area contributed by atoms with Crippen molar-refractivity contribution >= 4 is 27.2 Å². The normalized spacial score (nSPS) is 26.0. The summed E-state index contributed by atoms with van der Waals surface area (Å²) in [6, 6.07) is -1.46. The zero-order chi connectivity index (χ0) is 13.0. The molecule has 2 heterocycles. The summed E-state index contributed by atoms with van der Waals surface area (Å²) in [7, 11) is -3.48. The van der Waals surface area contributed by atoms with Crippen LogP contribution in [0.3, 0.4) is 0 Å². The number of ketones is 1. The second-order valence-corrected chi connectivity index (χ2v) is 7.06. The van der Waals surface area contributed by atoms with Crippen molar-refractivity contribution in [3.05, 3.63) is 16.5 Å². The Bertz CT molecular complexity index is 578. The lowest BCUT2D eigenvalue weighted by atomic mass is 9.96. The monoisotopic (exact) mass is 275 g/mol. The Morgan fingerprint density at radius 3 is 2.47 bits per heavy atom. The van der Waals surface area contributed by atoms with E-state index in [-0.39, 0.29) is 15.5 Å². The number of aromatic nitrogens is 1. The topological polar surface area (TPSA) is 90.4 Å². The fraction of sp³-hybridized carbons (Fsp3) is 0.556. The highest BCUT2D eigenvalue weighted by Gasteiger charge is 2.37. The highest BCUT2D eigenvalue weighted by Crippen LogP contribution is 2.36. The maximum absolute atomic E-state index is 12.0. The Morgan fingerprint density at radius 1 is 1.35 bits per heavy atom. The Balaban J connectivity index is 2.70. The van der Waals surface area contributed by atoms with Gasteiger partial charge in [0.1, 0.15) is 0 Å². The minimum absolute atomic E-state index is 0.0377. The van der Waals surface area contributed by atoms with Crippen LogP contribution in [-0.4, -0.2) is 35.9 Å². The van der Waals surface area contributed by atoms with Crippen LogP contribution >= 0.6 is 11.5 Å². The molecular formula is C9H11N2O4S2-. The number of hydrogen-bond donors (Lipinski definition) is 0. The van der Waals surface area contributed by atoms with Crippen LogP contribution in [0, 0.1) is 5.21 Å². The predicted molar refractivity (Wildman–Crippen MR) is 62.6 cm³/mol. The van der Waals surface area contributed by atoms with Gasteiger partial charge in [0.2, 0.25) is 0 Å². The average Bonchev–Trinajstić information content (AvgIpc) is 2.67. The third-order valence-corrected chi connectivity index (χ3v) is 5.48. The standard InChI is InChI=1S/C9H11N2O4S2/c1-4-7-6(8(12)5(2)11(4)13)9(16-10-7)17(3,14)15/h4-5H,1-3H3/q-1. The van der Waals surface area contributed by atoms with Gasteiger partial charge in [0.25, 0.3) is 0 Å². The maximum atomic E-state index is 12.0. The minimum atomic E-state index is -3.48. The van der Waals surface area contributed by atoms with E-state index in [1.807, 2.05) is 0 Å². The molecule has 1 aliphatic heterocycles. The zero-order valence-electron chi connectivity index (χ0n) is 9.50. The van der Waals surface area contributed by atoms with Gasteiger partial charge in [0, 0.05) is 12.3 Å². The van der Waals surface area contributed by atoms with Crippen LogP contribution in [0.15, 0.2) is 4.21 Å². The number of rotatable bonds is 1. The van der Waals surface area contributed by atoms with Crippen molar-refractivity contribution in [3.8, 4) is 0 Å². The first kappa shape index (κ1) is 12.6. The first-order valence-electron chi connectivity index (χ1n) is 4.94. The lowest BCUT2D eigenvalue weighted by molar-refractivity contribution is 0.0813. The van der Waals surface area contributed by atoms with Crippen LogP contribution in [-0.2, 0) is 9.84 Å². The third-order valence-electron chi connectivity index (χ3n) is 2.81. The lowest BCUT2D eigenvalue weighted by Crippen LogP contribution is -2.42. The molecule has 0 amide bonds. The van der Waals surface area contributed by atoms with E-state index in [2.05, 4.69) is 4.37 Å². The summed E-state index contributed by atoms with van der Waals surface area (Å²) in [6.45, 7) is 3.08. The van der Waals surface area contributed by atoms with Gasteiger partial charge in [0.15, 0.2) is 19.8 Å². The summed E-state index contributed by atoms with van der Waals surface area (Å²) >= 11 is 0.759. The summed E-state index contributed by atoms with van der Waals surface area (Å²) in [6.07, 6.45) is 1.03. The van der Waals surface area contributed by atoms with Crippen LogP contribution in [0.5, 0.6) is 0 Å². The second-order valence-electron chi connectivity index (χ2n) is 4.08. The molecule has 0 saturated heterocycles. The molecule has 2 rings (SSSR count). The number of hydrogen-bond acceptors (Lipinski definition) is 7. The van der Waals surface area contributed by atoms with Gasteiger partial charge >= 0.3 is 0 Å². The van der Waals surface area contributed by atoms with E-state index in [0.717, 1.165) is 17.8 Å². The fourth-order valence-electron chi connectivity index (χ4n) is 1.83. The van der Waals surface area contributed by atoms with Crippen molar-refractivity contribution in [3.63, 3.8) is 0 Å². The van der Waals surface area contributed by atoms with Crippen LogP contribution in [0.4, 0.5) is 0 Å². The van der Waals surface area contributed by atoms with Crippen molar-refractivity contribution in [2.24, 2.45) is 0 Å². The smallest absolute Gasteiger partial charge is 0.187 e. The van der Waals surface area contributed by atoms with E-state index in [1.54, 1.807) is 6.92 Å². The van der Waals surface area contributed by atoms with Crippen LogP contribution in [0.1, 0.15) is 35.9 Å². The molecule has 0 aliphatic carbocycles. The van der Waals surface area contributed by atoms with Crippen molar-refractivity contribution in [1.82, 2.24) is 9.44 Å². The number of hydroxylamine groups is 2. The molecule has 0 saturated carbocycles. The van der Waals surface area contributed by atoms with Crippen molar-refractivity contribution < 1.29 is 13.2 Å².